The lowest BCUT2D eigenvalue weighted by molar-refractivity contribution is 0.135. The summed E-state index contributed by atoms with van der Waals surface area (Å²) in [5.74, 6) is 0.995. The maximum Gasteiger partial charge on any atom is 0.126 e. The molecule has 1 atom stereocenters. The third-order valence-electron chi connectivity index (χ3n) is 4.02. The third kappa shape index (κ3) is 2.47. The van der Waals surface area contributed by atoms with E-state index < -0.39 is 0 Å². The van der Waals surface area contributed by atoms with Crippen LogP contribution in [0.2, 0.25) is 0 Å². The lowest BCUT2D eigenvalue weighted by atomic mass is 9.70. The first-order valence-electron chi connectivity index (χ1n) is 6.39. The quantitative estimate of drug-likeness (QED) is 0.881. The van der Waals surface area contributed by atoms with Crippen LogP contribution >= 0.6 is 15.9 Å². The Morgan fingerprint density at radius 2 is 2.29 bits per heavy atom. The standard InChI is InChI=1S/C13H18BrN3/c14-10-2-3-12(15-9-10)17-11-4-7-16-13(8-11)5-1-6-13/h2-3,9,11,16H,1,4-8H2,(H,15,17). The number of piperidine rings is 1. The van der Waals surface area contributed by atoms with Gasteiger partial charge in [0, 0.05) is 22.3 Å². The van der Waals surface area contributed by atoms with Crippen molar-refractivity contribution in [3.63, 3.8) is 0 Å². The Hall–Kier alpha value is -0.610. The zero-order valence-electron chi connectivity index (χ0n) is 9.88. The van der Waals surface area contributed by atoms with Gasteiger partial charge >= 0.3 is 0 Å². The van der Waals surface area contributed by atoms with Crippen molar-refractivity contribution in [3.05, 3.63) is 22.8 Å². The van der Waals surface area contributed by atoms with Crippen LogP contribution in [-0.2, 0) is 0 Å². The highest BCUT2D eigenvalue weighted by Gasteiger charge is 2.40. The van der Waals surface area contributed by atoms with Crippen LogP contribution in [0.15, 0.2) is 22.8 Å². The highest BCUT2D eigenvalue weighted by molar-refractivity contribution is 9.10. The fourth-order valence-electron chi connectivity index (χ4n) is 2.94. The predicted molar refractivity (Wildman–Crippen MR) is 73.2 cm³/mol. The van der Waals surface area contributed by atoms with Crippen molar-refractivity contribution < 1.29 is 0 Å². The van der Waals surface area contributed by atoms with Crippen molar-refractivity contribution in [3.8, 4) is 0 Å². The molecule has 2 aliphatic rings. The molecule has 1 aromatic rings. The summed E-state index contributed by atoms with van der Waals surface area (Å²) in [6.07, 6.45) is 8.36. The molecule has 3 nitrogen and oxygen atoms in total. The zero-order valence-corrected chi connectivity index (χ0v) is 11.5. The molecule has 1 spiro atoms. The van der Waals surface area contributed by atoms with Gasteiger partial charge in [-0.25, -0.2) is 4.98 Å². The van der Waals surface area contributed by atoms with Crippen molar-refractivity contribution >= 4 is 21.7 Å². The number of nitrogens with zero attached hydrogens (tertiary/aromatic N) is 1. The minimum Gasteiger partial charge on any atom is -0.367 e. The smallest absolute Gasteiger partial charge is 0.126 e. The van der Waals surface area contributed by atoms with Gasteiger partial charge < -0.3 is 10.6 Å². The number of pyridine rings is 1. The van der Waals surface area contributed by atoms with Crippen molar-refractivity contribution in [2.75, 3.05) is 11.9 Å². The normalized spacial score (nSPS) is 26.5. The third-order valence-corrected chi connectivity index (χ3v) is 4.49. The largest absolute Gasteiger partial charge is 0.367 e. The molecule has 17 heavy (non-hydrogen) atoms. The number of nitrogens with one attached hydrogen (secondary N) is 2. The molecular formula is C13H18BrN3. The first-order valence-corrected chi connectivity index (χ1v) is 7.18. The summed E-state index contributed by atoms with van der Waals surface area (Å²) in [6, 6.07) is 4.65. The first-order chi connectivity index (χ1) is 8.26. The van der Waals surface area contributed by atoms with Crippen LogP contribution in [0.1, 0.15) is 32.1 Å². The number of aromatic nitrogens is 1. The maximum atomic E-state index is 4.39. The van der Waals surface area contributed by atoms with Crippen LogP contribution < -0.4 is 10.6 Å². The lowest BCUT2D eigenvalue weighted by Gasteiger charge is -2.48. The molecule has 2 heterocycles. The van der Waals surface area contributed by atoms with Gasteiger partial charge in [-0.2, -0.15) is 0 Å². The van der Waals surface area contributed by atoms with Gasteiger partial charge in [0.1, 0.15) is 5.82 Å². The van der Waals surface area contributed by atoms with Crippen molar-refractivity contribution in [2.45, 2.75) is 43.7 Å². The second-order valence-corrected chi connectivity index (χ2v) is 6.17. The molecule has 1 saturated carbocycles. The van der Waals surface area contributed by atoms with E-state index in [1.807, 2.05) is 18.3 Å². The van der Waals surface area contributed by atoms with E-state index in [2.05, 4.69) is 31.5 Å². The van der Waals surface area contributed by atoms with Gasteiger partial charge in [0.05, 0.1) is 0 Å². The van der Waals surface area contributed by atoms with Gasteiger partial charge in [0.25, 0.3) is 0 Å². The SMILES string of the molecule is Brc1ccc(NC2CCNC3(CCC3)C2)nc1. The average molecular weight is 296 g/mol. The summed E-state index contributed by atoms with van der Waals surface area (Å²) in [7, 11) is 0. The number of halogens is 1. The van der Waals surface area contributed by atoms with Gasteiger partial charge in [0.15, 0.2) is 0 Å². The molecule has 1 aliphatic heterocycles. The van der Waals surface area contributed by atoms with E-state index in [0.29, 0.717) is 11.6 Å². The minimum atomic E-state index is 0.450. The monoisotopic (exact) mass is 295 g/mol. The summed E-state index contributed by atoms with van der Waals surface area (Å²) < 4.78 is 1.03. The van der Waals surface area contributed by atoms with E-state index in [4.69, 9.17) is 0 Å². The average Bonchev–Trinajstić information content (AvgIpc) is 2.31. The molecule has 4 heteroatoms. The Bertz CT molecular complexity index is 386. The van der Waals surface area contributed by atoms with Gasteiger partial charge in [-0.05, 0) is 66.7 Å². The summed E-state index contributed by atoms with van der Waals surface area (Å²) >= 11 is 3.41. The molecule has 1 unspecified atom stereocenters. The van der Waals surface area contributed by atoms with Gasteiger partial charge in [-0.1, -0.05) is 0 Å². The molecule has 2 fully saturated rings. The van der Waals surface area contributed by atoms with E-state index in [0.717, 1.165) is 16.8 Å². The van der Waals surface area contributed by atoms with E-state index in [9.17, 15) is 0 Å². The van der Waals surface area contributed by atoms with Crippen LogP contribution in [0.4, 0.5) is 5.82 Å². The predicted octanol–water partition coefficient (Wildman–Crippen LogP) is 2.93. The number of rotatable bonds is 2. The van der Waals surface area contributed by atoms with Crippen molar-refractivity contribution in [1.29, 1.82) is 0 Å². The second-order valence-electron chi connectivity index (χ2n) is 5.26. The van der Waals surface area contributed by atoms with Gasteiger partial charge in [-0.3, -0.25) is 0 Å². The molecule has 0 aromatic carbocycles. The Balaban J connectivity index is 1.63. The summed E-state index contributed by atoms with van der Waals surface area (Å²) in [6.45, 7) is 1.13. The molecular weight excluding hydrogens is 278 g/mol. The fraction of sp³-hybridized carbons (Fsp3) is 0.615. The Morgan fingerprint density at radius 1 is 1.41 bits per heavy atom. The second kappa shape index (κ2) is 4.58. The van der Waals surface area contributed by atoms with Crippen molar-refractivity contribution in [1.82, 2.24) is 10.3 Å². The molecule has 92 valence electrons. The van der Waals surface area contributed by atoms with Crippen molar-refractivity contribution in [2.24, 2.45) is 0 Å². The molecule has 0 radical (unpaired) electrons. The van der Waals surface area contributed by atoms with Crippen LogP contribution in [-0.4, -0.2) is 23.1 Å². The summed E-state index contributed by atoms with van der Waals surface area (Å²) in [5, 5.41) is 7.25. The van der Waals surface area contributed by atoms with Gasteiger partial charge in [0.2, 0.25) is 0 Å². The molecule has 0 bridgehead atoms. The Labute approximate surface area is 111 Å². The maximum absolute atomic E-state index is 4.39. The highest BCUT2D eigenvalue weighted by Crippen LogP contribution is 2.38. The molecule has 3 rings (SSSR count). The van der Waals surface area contributed by atoms with Crippen LogP contribution in [0.5, 0.6) is 0 Å². The van der Waals surface area contributed by atoms with Gasteiger partial charge in [-0.15, -0.1) is 0 Å². The summed E-state index contributed by atoms with van der Waals surface area (Å²) in [5.41, 5.74) is 0.450. The molecule has 1 saturated heterocycles. The van der Waals surface area contributed by atoms with Crippen LogP contribution in [0.25, 0.3) is 0 Å². The number of anilines is 1. The van der Waals surface area contributed by atoms with E-state index in [1.165, 1.54) is 32.1 Å². The minimum absolute atomic E-state index is 0.450. The fourth-order valence-corrected chi connectivity index (χ4v) is 3.17. The highest BCUT2D eigenvalue weighted by atomic mass is 79.9. The first kappa shape index (κ1) is 11.5. The lowest BCUT2D eigenvalue weighted by Crippen LogP contribution is -2.58. The molecule has 1 aliphatic carbocycles. The van der Waals surface area contributed by atoms with E-state index in [1.54, 1.807) is 0 Å². The number of hydrogen-bond acceptors (Lipinski definition) is 3. The van der Waals surface area contributed by atoms with Crippen LogP contribution in [0.3, 0.4) is 0 Å². The zero-order chi connectivity index (χ0) is 11.7. The molecule has 2 N–H and O–H groups in total. The van der Waals surface area contributed by atoms with E-state index in [-0.39, 0.29) is 0 Å². The van der Waals surface area contributed by atoms with E-state index >= 15 is 0 Å². The Kier molecular flexibility index (Phi) is 3.09. The molecule has 0 amide bonds. The Morgan fingerprint density at radius 3 is 2.94 bits per heavy atom. The topological polar surface area (TPSA) is 37.0 Å². The molecule has 1 aromatic heterocycles. The van der Waals surface area contributed by atoms with Crippen LogP contribution in [0, 0.1) is 0 Å². The number of hydrogen-bond donors (Lipinski definition) is 2. The summed E-state index contributed by atoms with van der Waals surface area (Å²) in [4.78, 5) is 4.39.